The van der Waals surface area contributed by atoms with Crippen LogP contribution in [0.3, 0.4) is 0 Å². The van der Waals surface area contributed by atoms with Gasteiger partial charge in [0.15, 0.2) is 5.25 Å². The summed E-state index contributed by atoms with van der Waals surface area (Å²) in [5, 5.41) is 16.3. The number of rotatable bonds is 7. The van der Waals surface area contributed by atoms with Gasteiger partial charge in [0.1, 0.15) is 0 Å². The summed E-state index contributed by atoms with van der Waals surface area (Å²) in [5.41, 5.74) is 0.854. The van der Waals surface area contributed by atoms with Gasteiger partial charge in [-0.2, -0.15) is 0 Å². The highest BCUT2D eigenvalue weighted by Gasteiger charge is 2.29. The van der Waals surface area contributed by atoms with Crippen LogP contribution in [0, 0.1) is 0 Å². The van der Waals surface area contributed by atoms with Gasteiger partial charge in [-0.3, -0.25) is 4.79 Å². The van der Waals surface area contributed by atoms with Crippen LogP contribution in [-0.2, 0) is 21.2 Å². The predicted molar refractivity (Wildman–Crippen MR) is 70.2 cm³/mol. The first-order valence-corrected chi connectivity index (χ1v) is 7.30. The van der Waals surface area contributed by atoms with Crippen molar-refractivity contribution >= 4 is 16.0 Å². The summed E-state index contributed by atoms with van der Waals surface area (Å²) in [5.74, 6) is -1.43. The van der Waals surface area contributed by atoms with E-state index in [1.165, 1.54) is 0 Å². The monoisotopic (exact) mass is 287 g/mol. The van der Waals surface area contributed by atoms with Gasteiger partial charge < -0.3 is 10.2 Å². The number of hydrogen-bond donors (Lipinski definition) is 3. The molecule has 2 atom stereocenters. The highest BCUT2D eigenvalue weighted by atomic mass is 32.2. The average Bonchev–Trinajstić information content (AvgIpc) is 2.37. The third kappa shape index (κ3) is 4.62. The Balaban J connectivity index is 2.75. The minimum absolute atomic E-state index is 0.295. The molecule has 0 spiro atoms. The Hall–Kier alpha value is -1.44. The molecule has 0 aliphatic heterocycles. The molecule has 1 rings (SSSR count). The van der Waals surface area contributed by atoms with Crippen molar-refractivity contribution in [3.63, 3.8) is 0 Å². The van der Waals surface area contributed by atoms with Crippen LogP contribution in [0.5, 0.6) is 0 Å². The number of carboxylic acids is 1. The van der Waals surface area contributed by atoms with E-state index in [1.54, 1.807) is 24.3 Å². The Morgan fingerprint density at radius 1 is 1.32 bits per heavy atom. The molecule has 0 aliphatic rings. The van der Waals surface area contributed by atoms with Crippen molar-refractivity contribution < 1.29 is 23.4 Å². The zero-order valence-electron chi connectivity index (χ0n) is 10.5. The Bertz CT molecular complexity index is 514. The highest BCUT2D eigenvalue weighted by Crippen LogP contribution is 2.06. The van der Waals surface area contributed by atoms with E-state index < -0.39 is 33.9 Å². The summed E-state index contributed by atoms with van der Waals surface area (Å²) in [6.45, 7) is 0.683. The first-order valence-electron chi connectivity index (χ1n) is 5.75. The van der Waals surface area contributed by atoms with Gasteiger partial charge in [-0.25, -0.2) is 13.1 Å². The Morgan fingerprint density at radius 3 is 2.37 bits per heavy atom. The van der Waals surface area contributed by atoms with E-state index in [0.717, 1.165) is 12.5 Å². The van der Waals surface area contributed by atoms with E-state index in [2.05, 4.69) is 4.72 Å². The van der Waals surface area contributed by atoms with Crippen molar-refractivity contribution in [3.05, 3.63) is 35.9 Å². The second-order valence-corrected chi connectivity index (χ2v) is 6.25. The first kappa shape index (κ1) is 15.6. The van der Waals surface area contributed by atoms with Crippen molar-refractivity contribution in [1.82, 2.24) is 4.72 Å². The largest absolute Gasteiger partial charge is 0.480 e. The van der Waals surface area contributed by atoms with E-state index in [-0.39, 0.29) is 0 Å². The molecule has 3 N–H and O–H groups in total. The van der Waals surface area contributed by atoms with Crippen molar-refractivity contribution in [3.8, 4) is 0 Å². The number of sulfonamides is 1. The number of aliphatic hydroxyl groups excluding tert-OH is 1. The summed E-state index contributed by atoms with van der Waals surface area (Å²) in [6, 6.07) is 8.30. The molecular weight excluding hydrogens is 270 g/mol. The van der Waals surface area contributed by atoms with Gasteiger partial charge in [0, 0.05) is 6.04 Å². The summed E-state index contributed by atoms with van der Waals surface area (Å²) in [7, 11) is -4.00. The maximum atomic E-state index is 11.7. The van der Waals surface area contributed by atoms with Crippen LogP contribution in [0.4, 0.5) is 0 Å². The van der Waals surface area contributed by atoms with Gasteiger partial charge in [0.25, 0.3) is 0 Å². The van der Waals surface area contributed by atoms with Gasteiger partial charge in [-0.15, -0.1) is 0 Å². The number of carboxylic acid groups (broad SMARTS) is 1. The lowest BCUT2D eigenvalue weighted by atomic mass is 10.1. The fourth-order valence-corrected chi connectivity index (χ4v) is 2.60. The smallest absolute Gasteiger partial charge is 0.323 e. The molecule has 0 radical (unpaired) electrons. The minimum atomic E-state index is -4.00. The second-order valence-electron chi connectivity index (χ2n) is 4.21. The molecule has 0 fully saturated rings. The molecule has 0 amide bonds. The van der Waals surface area contributed by atoms with Gasteiger partial charge in [0.2, 0.25) is 10.0 Å². The molecule has 1 unspecified atom stereocenters. The van der Waals surface area contributed by atoms with Crippen molar-refractivity contribution in [2.45, 2.75) is 24.6 Å². The zero-order valence-corrected chi connectivity index (χ0v) is 11.3. The number of carbonyl (C=O) groups is 1. The van der Waals surface area contributed by atoms with E-state index in [0.29, 0.717) is 6.42 Å². The standard InChI is InChI=1S/C12H17NO5S/c1-9(12(15)16)19(17,18)13-11(8-14)7-10-5-3-2-4-6-10/h2-6,9,11,13-14H,7-8H2,1H3,(H,15,16)/t9?,11-/m0/s1. The van der Waals surface area contributed by atoms with E-state index in [1.807, 2.05) is 6.07 Å². The lowest BCUT2D eigenvalue weighted by molar-refractivity contribution is -0.136. The van der Waals surface area contributed by atoms with Gasteiger partial charge >= 0.3 is 5.97 Å². The molecule has 6 nitrogen and oxygen atoms in total. The average molecular weight is 287 g/mol. The quantitative estimate of drug-likeness (QED) is 0.654. The van der Waals surface area contributed by atoms with Gasteiger partial charge in [0.05, 0.1) is 6.61 Å². The maximum absolute atomic E-state index is 11.7. The van der Waals surface area contributed by atoms with Crippen LogP contribution in [0.15, 0.2) is 30.3 Å². The van der Waals surface area contributed by atoms with E-state index in [4.69, 9.17) is 5.11 Å². The molecule has 7 heteroatoms. The van der Waals surface area contributed by atoms with Crippen LogP contribution in [0.2, 0.25) is 0 Å². The molecule has 0 saturated heterocycles. The van der Waals surface area contributed by atoms with E-state index >= 15 is 0 Å². The van der Waals surface area contributed by atoms with Crippen LogP contribution < -0.4 is 4.72 Å². The third-order valence-corrected chi connectivity index (χ3v) is 4.48. The van der Waals surface area contributed by atoms with Crippen molar-refractivity contribution in [2.75, 3.05) is 6.61 Å². The fourth-order valence-electron chi connectivity index (χ4n) is 1.51. The van der Waals surface area contributed by atoms with Crippen LogP contribution in [0.25, 0.3) is 0 Å². The second kappa shape index (κ2) is 6.65. The summed E-state index contributed by atoms with van der Waals surface area (Å²) >= 11 is 0. The highest BCUT2D eigenvalue weighted by molar-refractivity contribution is 7.90. The van der Waals surface area contributed by atoms with Crippen molar-refractivity contribution in [2.24, 2.45) is 0 Å². The lowest BCUT2D eigenvalue weighted by Gasteiger charge is -2.18. The summed E-state index contributed by atoms with van der Waals surface area (Å²) < 4.78 is 25.7. The molecule has 0 aliphatic carbocycles. The number of benzene rings is 1. The molecule has 0 heterocycles. The fraction of sp³-hybridized carbons (Fsp3) is 0.417. The van der Waals surface area contributed by atoms with Gasteiger partial charge in [-0.1, -0.05) is 30.3 Å². The number of aliphatic hydroxyl groups is 1. The first-order chi connectivity index (χ1) is 8.86. The van der Waals surface area contributed by atoms with E-state index in [9.17, 15) is 18.3 Å². The molecule has 1 aromatic rings. The third-order valence-electron chi connectivity index (χ3n) is 2.69. The van der Waals surface area contributed by atoms with Crippen LogP contribution >= 0.6 is 0 Å². The Kier molecular flexibility index (Phi) is 5.46. The SMILES string of the molecule is CC(C(=O)O)S(=O)(=O)N[C@H](CO)Cc1ccccc1. The Labute approximate surface area is 112 Å². The summed E-state index contributed by atoms with van der Waals surface area (Å²) in [6.07, 6.45) is 0.295. The molecule has 106 valence electrons. The zero-order chi connectivity index (χ0) is 14.5. The summed E-state index contributed by atoms with van der Waals surface area (Å²) in [4.78, 5) is 10.7. The Morgan fingerprint density at radius 2 is 1.89 bits per heavy atom. The maximum Gasteiger partial charge on any atom is 0.323 e. The van der Waals surface area contributed by atoms with Crippen LogP contribution in [0.1, 0.15) is 12.5 Å². The molecule has 19 heavy (non-hydrogen) atoms. The molecule has 0 bridgehead atoms. The van der Waals surface area contributed by atoms with Gasteiger partial charge in [-0.05, 0) is 18.9 Å². The lowest BCUT2D eigenvalue weighted by Crippen LogP contribution is -2.45. The number of hydrogen-bond acceptors (Lipinski definition) is 4. The molecule has 0 aromatic heterocycles. The topological polar surface area (TPSA) is 104 Å². The minimum Gasteiger partial charge on any atom is -0.480 e. The molecule has 0 saturated carbocycles. The van der Waals surface area contributed by atoms with Crippen LogP contribution in [-0.4, -0.2) is 42.5 Å². The normalized spacial score (nSPS) is 14.8. The molecular formula is C12H17NO5S. The molecule has 1 aromatic carbocycles. The number of aliphatic carboxylic acids is 1. The predicted octanol–water partition coefficient (Wildman–Crippen LogP) is -0.0175. The number of nitrogens with one attached hydrogen (secondary N) is 1. The van der Waals surface area contributed by atoms with Crippen molar-refractivity contribution in [1.29, 1.82) is 0 Å².